The van der Waals surface area contributed by atoms with Crippen molar-refractivity contribution in [1.29, 1.82) is 0 Å². The lowest BCUT2D eigenvalue weighted by molar-refractivity contribution is 0.320. The van der Waals surface area contributed by atoms with Crippen LogP contribution in [0.3, 0.4) is 0 Å². The molecular weight excluding hydrogens is 316 g/mol. The first kappa shape index (κ1) is 16.5. The molecule has 25 heavy (non-hydrogen) atoms. The van der Waals surface area contributed by atoms with Crippen molar-refractivity contribution in [3.8, 4) is 5.75 Å². The number of methoxy groups -OCH3 is 1. The molecule has 0 amide bonds. The van der Waals surface area contributed by atoms with Gasteiger partial charge in [0.05, 0.1) is 13.7 Å². The molecule has 134 valence electrons. The lowest BCUT2D eigenvalue weighted by atomic mass is 10.1. The Morgan fingerprint density at radius 2 is 2.08 bits per heavy atom. The van der Waals surface area contributed by atoms with Crippen LogP contribution in [0.2, 0.25) is 0 Å². The Morgan fingerprint density at radius 3 is 2.84 bits per heavy atom. The highest BCUT2D eigenvalue weighted by molar-refractivity contribution is 5.37. The predicted molar refractivity (Wildman–Crippen MR) is 94.3 cm³/mol. The lowest BCUT2D eigenvalue weighted by Gasteiger charge is -2.18. The van der Waals surface area contributed by atoms with Crippen LogP contribution < -0.4 is 10.1 Å². The van der Waals surface area contributed by atoms with Gasteiger partial charge in [-0.3, -0.25) is 4.90 Å². The van der Waals surface area contributed by atoms with Crippen molar-refractivity contribution in [3.63, 3.8) is 0 Å². The molecule has 1 saturated carbocycles. The molecule has 6 nitrogen and oxygen atoms in total. The Morgan fingerprint density at radius 1 is 1.24 bits per heavy atom. The largest absolute Gasteiger partial charge is 0.496 e. The molecule has 2 aromatic rings. The summed E-state index contributed by atoms with van der Waals surface area (Å²) in [4.78, 5) is 6.94. The first-order valence-electron chi connectivity index (χ1n) is 9.23. The van der Waals surface area contributed by atoms with Gasteiger partial charge in [0.25, 0.3) is 0 Å². The first-order chi connectivity index (χ1) is 12.3. The smallest absolute Gasteiger partial charge is 0.229 e. The number of aromatic nitrogens is 2. The van der Waals surface area contributed by atoms with Gasteiger partial charge in [-0.25, -0.2) is 0 Å². The van der Waals surface area contributed by atoms with Crippen LogP contribution in [-0.2, 0) is 19.6 Å². The van der Waals surface area contributed by atoms with Gasteiger partial charge in [-0.1, -0.05) is 11.2 Å². The molecule has 1 aliphatic heterocycles. The Labute approximate surface area is 148 Å². The molecule has 6 heteroatoms. The van der Waals surface area contributed by atoms with Crippen molar-refractivity contribution in [2.75, 3.05) is 20.2 Å². The second kappa shape index (κ2) is 7.54. The Bertz CT molecular complexity index is 705. The van der Waals surface area contributed by atoms with Crippen molar-refractivity contribution >= 4 is 0 Å². The SMILES string of the molecule is COc1ccc(CNCc2noc(C3CC3)n2)cc1CN1CCCC1. The van der Waals surface area contributed by atoms with Crippen LogP contribution in [0.5, 0.6) is 5.75 Å². The summed E-state index contributed by atoms with van der Waals surface area (Å²) in [5, 5.41) is 7.46. The zero-order valence-corrected chi connectivity index (χ0v) is 14.8. The van der Waals surface area contributed by atoms with Gasteiger partial charge in [-0.2, -0.15) is 4.98 Å². The van der Waals surface area contributed by atoms with E-state index in [-0.39, 0.29) is 0 Å². The first-order valence-corrected chi connectivity index (χ1v) is 9.23. The highest BCUT2D eigenvalue weighted by Gasteiger charge is 2.29. The number of likely N-dealkylation sites (tertiary alicyclic amines) is 1. The lowest BCUT2D eigenvalue weighted by Crippen LogP contribution is -2.19. The zero-order valence-electron chi connectivity index (χ0n) is 14.8. The summed E-state index contributed by atoms with van der Waals surface area (Å²) in [6, 6.07) is 6.43. The molecule has 2 fully saturated rings. The van der Waals surface area contributed by atoms with E-state index in [0.29, 0.717) is 12.5 Å². The van der Waals surface area contributed by atoms with E-state index in [1.807, 2.05) is 0 Å². The summed E-state index contributed by atoms with van der Waals surface area (Å²) in [5.41, 5.74) is 2.51. The summed E-state index contributed by atoms with van der Waals surface area (Å²) in [6.45, 7) is 4.75. The number of nitrogens with zero attached hydrogens (tertiary/aromatic N) is 3. The molecule has 2 aliphatic rings. The average molecular weight is 342 g/mol. The monoisotopic (exact) mass is 342 g/mol. The van der Waals surface area contributed by atoms with E-state index in [1.54, 1.807) is 7.11 Å². The van der Waals surface area contributed by atoms with Crippen LogP contribution >= 0.6 is 0 Å². The molecule has 0 radical (unpaired) electrons. The van der Waals surface area contributed by atoms with Crippen molar-refractivity contribution < 1.29 is 9.26 Å². The van der Waals surface area contributed by atoms with Crippen molar-refractivity contribution in [2.45, 2.75) is 51.2 Å². The fourth-order valence-corrected chi connectivity index (χ4v) is 3.40. The molecule has 0 atom stereocenters. The minimum atomic E-state index is 0.510. The summed E-state index contributed by atoms with van der Waals surface area (Å²) < 4.78 is 10.8. The van der Waals surface area contributed by atoms with Crippen LogP contribution in [0.4, 0.5) is 0 Å². The molecule has 0 bridgehead atoms. The number of benzene rings is 1. The van der Waals surface area contributed by atoms with Gasteiger partial charge in [0.1, 0.15) is 5.75 Å². The molecule has 0 unspecified atom stereocenters. The normalized spacial score (nSPS) is 18.0. The van der Waals surface area contributed by atoms with Crippen molar-refractivity contribution in [3.05, 3.63) is 41.0 Å². The maximum Gasteiger partial charge on any atom is 0.229 e. The molecule has 2 heterocycles. The van der Waals surface area contributed by atoms with Crippen LogP contribution in [0, 0.1) is 0 Å². The van der Waals surface area contributed by atoms with Gasteiger partial charge in [0, 0.05) is 24.6 Å². The van der Waals surface area contributed by atoms with Crippen molar-refractivity contribution in [2.24, 2.45) is 0 Å². The van der Waals surface area contributed by atoms with Crippen LogP contribution in [0.1, 0.15) is 54.4 Å². The number of rotatable bonds is 8. The summed E-state index contributed by atoms with van der Waals surface area (Å²) in [5.74, 6) is 3.03. The summed E-state index contributed by atoms with van der Waals surface area (Å²) in [7, 11) is 1.74. The molecule has 0 spiro atoms. The second-order valence-electron chi connectivity index (χ2n) is 7.06. The minimum Gasteiger partial charge on any atom is -0.496 e. The third-order valence-corrected chi connectivity index (χ3v) is 4.96. The number of nitrogens with one attached hydrogen (secondary N) is 1. The van der Waals surface area contributed by atoms with E-state index in [9.17, 15) is 0 Å². The Hall–Kier alpha value is -1.92. The van der Waals surface area contributed by atoms with Gasteiger partial charge in [-0.05, 0) is 56.5 Å². The van der Waals surface area contributed by atoms with Gasteiger partial charge in [0.2, 0.25) is 5.89 Å². The maximum absolute atomic E-state index is 5.54. The van der Waals surface area contributed by atoms with E-state index in [0.717, 1.165) is 30.6 Å². The Balaban J connectivity index is 1.34. The minimum absolute atomic E-state index is 0.510. The van der Waals surface area contributed by atoms with E-state index < -0.39 is 0 Å². The highest BCUT2D eigenvalue weighted by Crippen LogP contribution is 2.38. The topological polar surface area (TPSA) is 63.4 Å². The Kier molecular flexibility index (Phi) is 4.99. The van der Waals surface area contributed by atoms with Gasteiger partial charge < -0.3 is 14.6 Å². The van der Waals surface area contributed by atoms with Gasteiger partial charge in [-0.15, -0.1) is 0 Å². The molecule has 1 aliphatic carbocycles. The third-order valence-electron chi connectivity index (χ3n) is 4.96. The fourth-order valence-electron chi connectivity index (χ4n) is 3.40. The highest BCUT2D eigenvalue weighted by atomic mass is 16.5. The molecule has 1 N–H and O–H groups in total. The fraction of sp³-hybridized carbons (Fsp3) is 0.579. The molecule has 4 rings (SSSR count). The molecule has 1 aromatic heterocycles. The summed E-state index contributed by atoms with van der Waals surface area (Å²) >= 11 is 0. The second-order valence-corrected chi connectivity index (χ2v) is 7.06. The number of hydrogen-bond acceptors (Lipinski definition) is 6. The maximum atomic E-state index is 5.54. The molecular formula is C19H26N4O2. The van der Waals surface area contributed by atoms with Crippen LogP contribution in [0.25, 0.3) is 0 Å². The van der Waals surface area contributed by atoms with Gasteiger partial charge >= 0.3 is 0 Å². The quantitative estimate of drug-likeness (QED) is 0.796. The van der Waals surface area contributed by atoms with E-state index in [4.69, 9.17) is 9.26 Å². The third kappa shape index (κ3) is 4.19. The van der Waals surface area contributed by atoms with Crippen molar-refractivity contribution in [1.82, 2.24) is 20.4 Å². The zero-order chi connectivity index (χ0) is 17.1. The molecule has 1 aromatic carbocycles. The van der Waals surface area contributed by atoms with E-state index in [2.05, 4.69) is 38.6 Å². The van der Waals surface area contributed by atoms with Crippen LogP contribution in [0.15, 0.2) is 22.7 Å². The average Bonchev–Trinajstić information content (AvgIpc) is 3.15. The van der Waals surface area contributed by atoms with E-state index in [1.165, 1.54) is 49.9 Å². The van der Waals surface area contributed by atoms with Gasteiger partial charge in [0.15, 0.2) is 5.82 Å². The summed E-state index contributed by atoms with van der Waals surface area (Å²) in [6.07, 6.45) is 4.97. The predicted octanol–water partition coefficient (Wildman–Crippen LogP) is 2.84. The number of ether oxygens (including phenoxy) is 1. The standard InChI is InChI=1S/C19H26N4O2/c1-24-17-7-4-14(10-16(17)13-23-8-2-3-9-23)11-20-12-18-21-19(25-22-18)15-5-6-15/h4,7,10,15,20H,2-3,5-6,8-9,11-13H2,1H3. The van der Waals surface area contributed by atoms with E-state index >= 15 is 0 Å². The number of hydrogen-bond donors (Lipinski definition) is 1. The van der Waals surface area contributed by atoms with Crippen LogP contribution in [-0.4, -0.2) is 35.2 Å². The molecule has 1 saturated heterocycles.